The summed E-state index contributed by atoms with van der Waals surface area (Å²) in [6.45, 7) is 6.96. The topological polar surface area (TPSA) is 62.1 Å². The molecule has 3 rings (SSSR count). The molecule has 6 heteroatoms. The summed E-state index contributed by atoms with van der Waals surface area (Å²) in [6, 6.07) is 6.26. The average molecular weight is 362 g/mol. The molecule has 5 nitrogen and oxygen atoms in total. The second-order valence-corrected chi connectivity index (χ2v) is 7.96. The number of halogens is 1. The monoisotopic (exact) mass is 362 g/mol. The van der Waals surface area contributed by atoms with Crippen LogP contribution in [0.4, 0.5) is 4.39 Å². The van der Waals surface area contributed by atoms with Crippen molar-refractivity contribution in [2.24, 2.45) is 16.5 Å². The minimum Gasteiger partial charge on any atom is -0.481 e. The first-order valence-corrected chi connectivity index (χ1v) is 9.32. The highest BCUT2D eigenvalue weighted by Crippen LogP contribution is 2.39. The Kier molecular flexibility index (Phi) is 5.61. The summed E-state index contributed by atoms with van der Waals surface area (Å²) in [4.78, 5) is 19.9. The molecule has 1 saturated heterocycles. The average Bonchev–Trinajstić information content (AvgIpc) is 3.04. The molecule has 0 radical (unpaired) electrons. The van der Waals surface area contributed by atoms with E-state index in [1.807, 2.05) is 0 Å². The number of benzene rings is 1. The van der Waals surface area contributed by atoms with Gasteiger partial charge in [-0.15, -0.1) is 0 Å². The van der Waals surface area contributed by atoms with E-state index in [2.05, 4.69) is 23.9 Å². The van der Waals surface area contributed by atoms with Crippen molar-refractivity contribution in [1.82, 2.24) is 4.90 Å². The molecule has 142 valence electrons. The maximum absolute atomic E-state index is 13.4. The number of aliphatic carboxylic acids is 1. The van der Waals surface area contributed by atoms with Gasteiger partial charge in [0.15, 0.2) is 0 Å². The van der Waals surface area contributed by atoms with Crippen LogP contribution in [0.1, 0.15) is 45.1 Å². The van der Waals surface area contributed by atoms with E-state index >= 15 is 0 Å². The van der Waals surface area contributed by atoms with Crippen LogP contribution in [0, 0.1) is 17.2 Å². The molecule has 0 bridgehead atoms. The van der Waals surface area contributed by atoms with Crippen LogP contribution in [0.3, 0.4) is 0 Å². The molecule has 0 amide bonds. The van der Waals surface area contributed by atoms with Gasteiger partial charge in [0, 0.05) is 24.9 Å². The number of carboxylic acids is 1. The Morgan fingerprint density at radius 1 is 1.42 bits per heavy atom. The Morgan fingerprint density at radius 2 is 2.15 bits per heavy atom. The predicted molar refractivity (Wildman–Crippen MR) is 97.6 cm³/mol. The van der Waals surface area contributed by atoms with E-state index in [1.54, 1.807) is 12.1 Å². The molecular formula is C20H27FN2O3. The molecule has 1 aromatic carbocycles. The van der Waals surface area contributed by atoms with E-state index in [1.165, 1.54) is 12.1 Å². The van der Waals surface area contributed by atoms with Crippen LogP contribution in [0.25, 0.3) is 0 Å². The van der Waals surface area contributed by atoms with Gasteiger partial charge in [0.05, 0.1) is 11.1 Å². The number of hydrogen-bond acceptors (Lipinski definition) is 4. The molecule has 0 aliphatic carbocycles. The van der Waals surface area contributed by atoms with Gasteiger partial charge < -0.3 is 14.8 Å². The largest absolute Gasteiger partial charge is 0.481 e. The lowest BCUT2D eigenvalue weighted by molar-refractivity contribution is -0.155. The number of likely N-dealkylation sites (tertiary alicyclic amines) is 1. The lowest BCUT2D eigenvalue weighted by atomic mass is 9.73. The van der Waals surface area contributed by atoms with E-state index in [9.17, 15) is 14.3 Å². The van der Waals surface area contributed by atoms with Gasteiger partial charge in [0.2, 0.25) is 0 Å². The van der Waals surface area contributed by atoms with Gasteiger partial charge in [-0.3, -0.25) is 4.79 Å². The number of oxime groups is 1. The standard InChI is InChI=1S/C20H27FN2O3/c1-14(2)13-23-8-6-20(7-9-23,19(24)25)12-17-11-18(22-26-17)15-4-3-5-16(21)10-15/h3-5,10,14,17H,6-9,11-13H2,1-2H3,(H,24,25). The molecule has 1 aromatic rings. The molecule has 1 unspecified atom stereocenters. The summed E-state index contributed by atoms with van der Waals surface area (Å²) >= 11 is 0. The summed E-state index contributed by atoms with van der Waals surface area (Å²) in [5.41, 5.74) is 0.626. The van der Waals surface area contributed by atoms with Crippen molar-refractivity contribution in [2.45, 2.75) is 45.6 Å². The van der Waals surface area contributed by atoms with E-state index < -0.39 is 11.4 Å². The first-order valence-electron chi connectivity index (χ1n) is 9.32. The van der Waals surface area contributed by atoms with Gasteiger partial charge in [0.25, 0.3) is 0 Å². The Labute approximate surface area is 153 Å². The van der Waals surface area contributed by atoms with Crippen LogP contribution < -0.4 is 0 Å². The summed E-state index contributed by atoms with van der Waals surface area (Å²) in [5.74, 6) is -0.481. The highest BCUT2D eigenvalue weighted by molar-refractivity contribution is 6.01. The van der Waals surface area contributed by atoms with Gasteiger partial charge >= 0.3 is 5.97 Å². The third-order valence-electron chi connectivity index (χ3n) is 5.40. The fourth-order valence-corrected chi connectivity index (χ4v) is 4.00. The van der Waals surface area contributed by atoms with E-state index in [0.29, 0.717) is 42.9 Å². The van der Waals surface area contributed by atoms with Gasteiger partial charge in [0.1, 0.15) is 11.9 Å². The Morgan fingerprint density at radius 3 is 2.77 bits per heavy atom. The molecule has 26 heavy (non-hydrogen) atoms. The van der Waals surface area contributed by atoms with E-state index in [0.717, 1.165) is 19.6 Å². The van der Waals surface area contributed by atoms with Crippen LogP contribution in [0.5, 0.6) is 0 Å². The quantitative estimate of drug-likeness (QED) is 0.841. The van der Waals surface area contributed by atoms with Gasteiger partial charge in [-0.05, 0) is 44.0 Å². The maximum Gasteiger partial charge on any atom is 0.309 e. The van der Waals surface area contributed by atoms with Crippen LogP contribution >= 0.6 is 0 Å². The molecule has 1 N–H and O–H groups in total. The zero-order chi connectivity index (χ0) is 18.7. The zero-order valence-corrected chi connectivity index (χ0v) is 15.4. The van der Waals surface area contributed by atoms with Crippen molar-refractivity contribution < 1.29 is 19.1 Å². The molecular weight excluding hydrogens is 335 g/mol. The van der Waals surface area contributed by atoms with Gasteiger partial charge in [-0.25, -0.2) is 4.39 Å². The summed E-state index contributed by atoms with van der Waals surface area (Å²) in [6.07, 6.45) is 1.96. The maximum atomic E-state index is 13.4. The van der Waals surface area contributed by atoms with Crippen LogP contribution in [0.15, 0.2) is 29.4 Å². The highest BCUT2D eigenvalue weighted by Gasteiger charge is 2.44. The number of carboxylic acid groups (broad SMARTS) is 1. The van der Waals surface area contributed by atoms with Crippen LogP contribution in [-0.2, 0) is 9.63 Å². The Bertz CT molecular complexity index is 681. The number of carbonyl (C=O) groups is 1. The Hall–Kier alpha value is -1.95. The number of nitrogens with zero attached hydrogens (tertiary/aromatic N) is 2. The number of hydrogen-bond donors (Lipinski definition) is 1. The summed E-state index contributed by atoms with van der Waals surface area (Å²) < 4.78 is 13.4. The first kappa shape index (κ1) is 18.8. The van der Waals surface area contributed by atoms with Crippen molar-refractivity contribution in [3.05, 3.63) is 35.6 Å². The molecule has 2 aliphatic heterocycles. The lowest BCUT2D eigenvalue weighted by Crippen LogP contribution is -2.46. The second kappa shape index (κ2) is 7.74. The minimum absolute atomic E-state index is 0.263. The number of piperidine rings is 1. The third kappa shape index (κ3) is 4.23. The highest BCUT2D eigenvalue weighted by atomic mass is 19.1. The molecule has 2 heterocycles. The zero-order valence-electron chi connectivity index (χ0n) is 15.4. The third-order valence-corrected chi connectivity index (χ3v) is 5.40. The molecule has 0 spiro atoms. The smallest absolute Gasteiger partial charge is 0.309 e. The fraction of sp³-hybridized carbons (Fsp3) is 0.600. The van der Waals surface area contributed by atoms with Crippen molar-refractivity contribution in [3.8, 4) is 0 Å². The fourth-order valence-electron chi connectivity index (χ4n) is 4.00. The van der Waals surface area contributed by atoms with Gasteiger partial charge in [-0.1, -0.05) is 31.1 Å². The second-order valence-electron chi connectivity index (χ2n) is 7.96. The summed E-state index contributed by atoms with van der Waals surface area (Å²) in [5, 5.41) is 14.0. The van der Waals surface area contributed by atoms with Crippen molar-refractivity contribution in [2.75, 3.05) is 19.6 Å². The van der Waals surface area contributed by atoms with Gasteiger partial charge in [-0.2, -0.15) is 0 Å². The van der Waals surface area contributed by atoms with E-state index in [-0.39, 0.29) is 11.9 Å². The van der Waals surface area contributed by atoms with Crippen LogP contribution in [0.2, 0.25) is 0 Å². The Balaban J connectivity index is 1.61. The summed E-state index contributed by atoms with van der Waals surface area (Å²) in [7, 11) is 0. The molecule has 2 aliphatic rings. The normalized spacial score (nSPS) is 22.9. The van der Waals surface area contributed by atoms with E-state index in [4.69, 9.17) is 4.84 Å². The molecule has 0 saturated carbocycles. The predicted octanol–water partition coefficient (Wildman–Crippen LogP) is 3.53. The molecule has 1 fully saturated rings. The van der Waals surface area contributed by atoms with Crippen molar-refractivity contribution in [1.29, 1.82) is 0 Å². The molecule has 0 aromatic heterocycles. The first-order chi connectivity index (χ1) is 12.4. The minimum atomic E-state index is -0.759. The lowest BCUT2D eigenvalue weighted by Gasteiger charge is -2.40. The van der Waals surface area contributed by atoms with Crippen LogP contribution in [-0.4, -0.2) is 47.4 Å². The SMILES string of the molecule is CC(C)CN1CCC(CC2CC(c3cccc(F)c3)=NO2)(C(=O)O)CC1. The van der Waals surface area contributed by atoms with Crippen molar-refractivity contribution in [3.63, 3.8) is 0 Å². The van der Waals surface area contributed by atoms with Crippen molar-refractivity contribution >= 4 is 11.7 Å². The molecule has 1 atom stereocenters. The number of rotatable bonds is 6.